The summed E-state index contributed by atoms with van der Waals surface area (Å²) in [6, 6.07) is 0.889. The predicted octanol–water partition coefficient (Wildman–Crippen LogP) is 4.50. The number of rotatable bonds is 3. The highest BCUT2D eigenvalue weighted by Crippen LogP contribution is 2.39. The second kappa shape index (κ2) is 6.23. The fraction of sp³-hybridized carbons (Fsp3) is 0.333. The topological polar surface area (TPSA) is 38.3 Å². The van der Waals surface area contributed by atoms with E-state index < -0.39 is 35.3 Å². The first-order valence-corrected chi connectivity index (χ1v) is 5.57. The number of alkyl halides is 6. The fourth-order valence-electron chi connectivity index (χ4n) is 1.38. The van der Waals surface area contributed by atoms with Crippen LogP contribution >= 0.6 is 0 Å². The maximum absolute atomic E-state index is 12.7. The fourth-order valence-corrected chi connectivity index (χ4v) is 1.38. The second-order valence-electron chi connectivity index (χ2n) is 3.87. The zero-order chi connectivity index (χ0) is 16.3. The van der Waals surface area contributed by atoms with Gasteiger partial charge >= 0.3 is 18.4 Å². The van der Waals surface area contributed by atoms with Gasteiger partial charge in [-0.15, -0.1) is 0 Å². The van der Waals surface area contributed by atoms with Crippen LogP contribution in [0.25, 0.3) is 0 Å². The van der Waals surface area contributed by atoms with Gasteiger partial charge in [0.1, 0.15) is 0 Å². The van der Waals surface area contributed by atoms with Gasteiger partial charge in [-0.2, -0.15) is 26.3 Å². The molecule has 0 unspecified atom stereocenters. The molecule has 1 amide bonds. The molecule has 0 heterocycles. The van der Waals surface area contributed by atoms with Crippen molar-refractivity contribution in [1.82, 2.24) is 0 Å². The number of halogens is 6. The van der Waals surface area contributed by atoms with Crippen LogP contribution in [0.1, 0.15) is 17.5 Å². The Morgan fingerprint density at radius 3 is 2.24 bits per heavy atom. The zero-order valence-corrected chi connectivity index (χ0v) is 10.4. The van der Waals surface area contributed by atoms with Crippen molar-refractivity contribution in [1.29, 1.82) is 0 Å². The molecule has 0 atom stereocenters. The average molecular weight is 314 g/mol. The molecule has 0 saturated heterocycles. The van der Waals surface area contributed by atoms with Crippen LogP contribution in [0.2, 0.25) is 0 Å². The average Bonchev–Trinajstić information content (AvgIpc) is 2.34. The Morgan fingerprint density at radius 1 is 1.14 bits per heavy atom. The van der Waals surface area contributed by atoms with E-state index in [1.54, 1.807) is 5.32 Å². The number of amides is 1. The van der Waals surface area contributed by atoms with Gasteiger partial charge < -0.3 is 4.74 Å². The van der Waals surface area contributed by atoms with Crippen molar-refractivity contribution in [3.63, 3.8) is 0 Å². The van der Waals surface area contributed by atoms with Gasteiger partial charge in [-0.05, 0) is 31.5 Å². The highest BCUT2D eigenvalue weighted by Gasteiger charge is 2.38. The molecule has 0 aliphatic rings. The Balaban J connectivity index is 3.12. The van der Waals surface area contributed by atoms with Crippen LogP contribution in [0.3, 0.4) is 0 Å². The first-order valence-electron chi connectivity index (χ1n) is 5.57. The van der Waals surface area contributed by atoms with Crippen LogP contribution in [0.15, 0.2) is 18.2 Å². The van der Waals surface area contributed by atoms with Gasteiger partial charge in [-0.1, -0.05) is 0 Å². The van der Waals surface area contributed by atoms with Gasteiger partial charge in [-0.3, -0.25) is 5.32 Å². The van der Waals surface area contributed by atoms with Gasteiger partial charge in [0.15, 0.2) is 0 Å². The summed E-state index contributed by atoms with van der Waals surface area (Å²) in [5.41, 5.74) is -3.89. The first kappa shape index (κ1) is 17.1. The molecule has 0 aliphatic heterocycles. The van der Waals surface area contributed by atoms with E-state index in [9.17, 15) is 31.1 Å². The lowest BCUT2D eigenvalue weighted by atomic mass is 10.1. The molecule has 0 saturated carbocycles. The summed E-state index contributed by atoms with van der Waals surface area (Å²) in [6.45, 7) is 3.22. The third kappa shape index (κ3) is 4.83. The number of hydrogen-bond donors (Lipinski definition) is 1. The lowest BCUT2D eigenvalue weighted by Gasteiger charge is -2.16. The standard InChI is InChI=1S/C12H10F6NO2/c1-2-5-21-10(20)19-9-4-3-7(11(13,14)15)6-8(9)12(16,17)18/h3-4,6H,1-2,5H2,(H,19,20). The molecule has 0 aliphatic carbocycles. The number of carbonyl (C=O) groups is 1. The number of hydrogen-bond acceptors (Lipinski definition) is 2. The minimum absolute atomic E-state index is 0.0724. The Labute approximate surface area is 115 Å². The molecule has 1 aromatic rings. The van der Waals surface area contributed by atoms with Crippen LogP contribution in [-0.2, 0) is 17.1 Å². The van der Waals surface area contributed by atoms with Gasteiger partial charge in [0.05, 0.1) is 23.4 Å². The number of benzene rings is 1. The Kier molecular flexibility index (Phi) is 5.08. The first-order chi connectivity index (χ1) is 9.55. The SMILES string of the molecule is [CH2]CCOC(=O)Nc1ccc(C(F)(F)F)cc1C(F)(F)F. The van der Waals surface area contributed by atoms with E-state index in [2.05, 4.69) is 11.7 Å². The Morgan fingerprint density at radius 2 is 1.76 bits per heavy atom. The summed E-state index contributed by atoms with van der Waals surface area (Å²) in [7, 11) is 0. The largest absolute Gasteiger partial charge is 0.449 e. The minimum Gasteiger partial charge on any atom is -0.449 e. The molecule has 0 aromatic heterocycles. The lowest BCUT2D eigenvalue weighted by Crippen LogP contribution is -2.19. The Bertz CT molecular complexity index is 509. The van der Waals surface area contributed by atoms with Crippen molar-refractivity contribution in [3.8, 4) is 0 Å². The molecule has 0 spiro atoms. The second-order valence-corrected chi connectivity index (χ2v) is 3.87. The molecule has 0 bridgehead atoms. The molecule has 9 heteroatoms. The number of nitrogens with one attached hydrogen (secondary N) is 1. The van der Waals surface area contributed by atoms with Crippen molar-refractivity contribution in [2.75, 3.05) is 11.9 Å². The van der Waals surface area contributed by atoms with Crippen molar-refractivity contribution < 1.29 is 35.9 Å². The molecular weight excluding hydrogens is 304 g/mol. The molecule has 21 heavy (non-hydrogen) atoms. The van der Waals surface area contributed by atoms with E-state index >= 15 is 0 Å². The Hall–Kier alpha value is -1.93. The highest BCUT2D eigenvalue weighted by atomic mass is 19.4. The summed E-state index contributed by atoms with van der Waals surface area (Å²) in [6.07, 6.45) is -11.0. The monoisotopic (exact) mass is 314 g/mol. The van der Waals surface area contributed by atoms with E-state index in [0.29, 0.717) is 12.1 Å². The predicted molar refractivity (Wildman–Crippen MR) is 61.4 cm³/mol. The van der Waals surface area contributed by atoms with Crippen LogP contribution in [0, 0.1) is 6.92 Å². The molecule has 117 valence electrons. The van der Waals surface area contributed by atoms with Gasteiger partial charge in [0.25, 0.3) is 0 Å². The lowest BCUT2D eigenvalue weighted by molar-refractivity contribution is -0.142. The summed E-state index contributed by atoms with van der Waals surface area (Å²) >= 11 is 0. The minimum atomic E-state index is -5.06. The molecular formula is C12H10F6NO2. The third-order valence-corrected chi connectivity index (χ3v) is 2.27. The van der Waals surface area contributed by atoms with E-state index in [1.165, 1.54) is 0 Å². The van der Waals surface area contributed by atoms with E-state index in [4.69, 9.17) is 0 Å². The zero-order valence-electron chi connectivity index (χ0n) is 10.4. The number of anilines is 1. The van der Waals surface area contributed by atoms with Crippen LogP contribution < -0.4 is 5.32 Å². The summed E-state index contributed by atoms with van der Waals surface area (Å²) in [5, 5.41) is 1.75. The van der Waals surface area contributed by atoms with E-state index in [-0.39, 0.29) is 19.1 Å². The molecule has 1 radical (unpaired) electrons. The van der Waals surface area contributed by atoms with E-state index in [1.807, 2.05) is 0 Å². The van der Waals surface area contributed by atoms with Gasteiger partial charge in [0.2, 0.25) is 0 Å². The van der Waals surface area contributed by atoms with Crippen LogP contribution in [-0.4, -0.2) is 12.7 Å². The van der Waals surface area contributed by atoms with E-state index in [0.717, 1.165) is 0 Å². The molecule has 3 nitrogen and oxygen atoms in total. The van der Waals surface area contributed by atoms with Crippen molar-refractivity contribution in [2.45, 2.75) is 18.8 Å². The third-order valence-electron chi connectivity index (χ3n) is 2.27. The summed E-state index contributed by atoms with van der Waals surface area (Å²) < 4.78 is 80.0. The van der Waals surface area contributed by atoms with Crippen molar-refractivity contribution in [2.24, 2.45) is 0 Å². The molecule has 1 rings (SSSR count). The maximum atomic E-state index is 12.7. The summed E-state index contributed by atoms with van der Waals surface area (Å²) in [5.74, 6) is 0. The maximum Gasteiger partial charge on any atom is 0.418 e. The van der Waals surface area contributed by atoms with Gasteiger partial charge in [-0.25, -0.2) is 4.79 Å². The number of ether oxygens (including phenoxy) is 1. The highest BCUT2D eigenvalue weighted by molar-refractivity contribution is 5.86. The van der Waals surface area contributed by atoms with Gasteiger partial charge in [0, 0.05) is 0 Å². The molecule has 1 aromatic carbocycles. The smallest absolute Gasteiger partial charge is 0.418 e. The van der Waals surface area contributed by atoms with Crippen molar-refractivity contribution in [3.05, 3.63) is 36.2 Å². The quantitative estimate of drug-likeness (QED) is 0.834. The summed E-state index contributed by atoms with van der Waals surface area (Å²) in [4.78, 5) is 11.2. The van der Waals surface area contributed by atoms with Crippen molar-refractivity contribution >= 4 is 11.8 Å². The molecule has 1 N–H and O–H groups in total. The number of carbonyl (C=O) groups excluding carboxylic acids is 1. The molecule has 0 fully saturated rings. The van der Waals surface area contributed by atoms with Crippen LogP contribution in [0.4, 0.5) is 36.8 Å². The van der Waals surface area contributed by atoms with Crippen LogP contribution in [0.5, 0.6) is 0 Å². The normalized spacial score (nSPS) is 12.1.